The first kappa shape index (κ1) is 15.0. The molecule has 3 aromatic carbocycles. The first-order chi connectivity index (χ1) is 12.2. The van der Waals surface area contributed by atoms with Crippen LogP contribution in [-0.2, 0) is 0 Å². The number of fused-ring (bicyclic) bond motifs is 2. The Morgan fingerprint density at radius 1 is 0.960 bits per heavy atom. The van der Waals surface area contributed by atoms with Crippen molar-refractivity contribution in [2.75, 3.05) is 0 Å². The summed E-state index contributed by atoms with van der Waals surface area (Å²) in [5, 5.41) is 16.9. The number of hydrogen-bond donors (Lipinski definition) is 3. The van der Waals surface area contributed by atoms with Crippen molar-refractivity contribution in [1.82, 2.24) is 10.4 Å². The summed E-state index contributed by atoms with van der Waals surface area (Å²) in [4.78, 5) is 15.2. The molecule has 4 rings (SSSR count). The van der Waals surface area contributed by atoms with E-state index in [-0.39, 0.29) is 11.7 Å². The van der Waals surface area contributed by atoms with Crippen LogP contribution in [0.2, 0.25) is 0 Å². The highest BCUT2D eigenvalue weighted by Crippen LogP contribution is 2.23. The summed E-state index contributed by atoms with van der Waals surface area (Å²) in [6.07, 6.45) is 1.43. The number of benzene rings is 3. The molecule has 0 aliphatic heterocycles. The van der Waals surface area contributed by atoms with Gasteiger partial charge in [-0.15, -0.1) is 0 Å². The van der Waals surface area contributed by atoms with E-state index in [0.717, 1.165) is 21.7 Å². The van der Waals surface area contributed by atoms with Gasteiger partial charge in [0.15, 0.2) is 0 Å². The monoisotopic (exact) mass is 329 g/mol. The SMILES string of the molecule is O=C(N/N=C/c1cc2ccccc2cc1O)c1cc2ccccc2[nH]1. The van der Waals surface area contributed by atoms with Gasteiger partial charge in [-0.05, 0) is 35.0 Å². The van der Waals surface area contributed by atoms with Crippen LogP contribution in [0.4, 0.5) is 0 Å². The van der Waals surface area contributed by atoms with E-state index in [9.17, 15) is 9.90 Å². The summed E-state index contributed by atoms with van der Waals surface area (Å²) in [7, 11) is 0. The highest BCUT2D eigenvalue weighted by Gasteiger charge is 2.08. The summed E-state index contributed by atoms with van der Waals surface area (Å²) < 4.78 is 0. The van der Waals surface area contributed by atoms with Crippen molar-refractivity contribution in [1.29, 1.82) is 0 Å². The summed E-state index contributed by atoms with van der Waals surface area (Å²) in [6.45, 7) is 0. The molecule has 122 valence electrons. The number of amides is 1. The average Bonchev–Trinajstić information content (AvgIpc) is 3.06. The zero-order valence-electron chi connectivity index (χ0n) is 13.2. The van der Waals surface area contributed by atoms with Gasteiger partial charge in [0.25, 0.3) is 5.91 Å². The number of hydrazone groups is 1. The topological polar surface area (TPSA) is 77.5 Å². The molecule has 1 aromatic heterocycles. The van der Waals surface area contributed by atoms with Gasteiger partial charge in [0, 0.05) is 16.5 Å². The maximum absolute atomic E-state index is 12.2. The lowest BCUT2D eigenvalue weighted by Gasteiger charge is -2.03. The smallest absolute Gasteiger partial charge is 0.287 e. The van der Waals surface area contributed by atoms with Crippen molar-refractivity contribution < 1.29 is 9.90 Å². The van der Waals surface area contributed by atoms with Gasteiger partial charge in [-0.1, -0.05) is 42.5 Å². The molecule has 0 aliphatic rings. The van der Waals surface area contributed by atoms with Crippen LogP contribution in [-0.4, -0.2) is 22.2 Å². The van der Waals surface area contributed by atoms with Crippen LogP contribution in [0.3, 0.4) is 0 Å². The number of carbonyl (C=O) groups is 1. The summed E-state index contributed by atoms with van der Waals surface area (Å²) in [5.74, 6) is -0.227. The number of aromatic hydroxyl groups is 1. The highest BCUT2D eigenvalue weighted by molar-refractivity contribution is 5.99. The molecule has 1 heterocycles. The Morgan fingerprint density at radius 3 is 2.40 bits per heavy atom. The minimum Gasteiger partial charge on any atom is -0.507 e. The fourth-order valence-electron chi connectivity index (χ4n) is 2.77. The fraction of sp³-hybridized carbons (Fsp3) is 0. The number of carbonyl (C=O) groups excluding carboxylic acids is 1. The van der Waals surface area contributed by atoms with E-state index in [4.69, 9.17) is 0 Å². The van der Waals surface area contributed by atoms with Crippen molar-refractivity contribution in [2.24, 2.45) is 5.10 Å². The lowest BCUT2D eigenvalue weighted by Crippen LogP contribution is -2.17. The van der Waals surface area contributed by atoms with E-state index < -0.39 is 0 Å². The Hall–Kier alpha value is -3.60. The molecule has 0 atom stereocenters. The lowest BCUT2D eigenvalue weighted by molar-refractivity contribution is 0.0951. The van der Waals surface area contributed by atoms with Crippen molar-refractivity contribution in [3.8, 4) is 5.75 Å². The third-order valence-corrected chi connectivity index (χ3v) is 4.04. The zero-order chi connectivity index (χ0) is 17.2. The number of phenols is 1. The van der Waals surface area contributed by atoms with E-state index in [1.807, 2.05) is 54.6 Å². The Bertz CT molecular complexity index is 1080. The number of nitrogens with one attached hydrogen (secondary N) is 2. The van der Waals surface area contributed by atoms with Gasteiger partial charge < -0.3 is 10.1 Å². The summed E-state index contributed by atoms with van der Waals surface area (Å²) in [5.41, 5.74) is 4.33. The quantitative estimate of drug-likeness (QED) is 0.395. The van der Waals surface area contributed by atoms with Gasteiger partial charge in [-0.2, -0.15) is 5.10 Å². The molecule has 25 heavy (non-hydrogen) atoms. The molecule has 5 nitrogen and oxygen atoms in total. The standard InChI is InChI=1S/C20H15N3O2/c24-19-11-14-6-2-1-5-13(14)9-16(19)12-21-23-20(25)18-10-15-7-3-4-8-17(15)22-18/h1-12,22,24H,(H,23,25)/b21-12+. The second kappa shape index (κ2) is 6.13. The van der Waals surface area contributed by atoms with Gasteiger partial charge in [0.2, 0.25) is 0 Å². The van der Waals surface area contributed by atoms with Crippen molar-refractivity contribution in [2.45, 2.75) is 0 Å². The Kier molecular flexibility index (Phi) is 3.67. The van der Waals surface area contributed by atoms with Gasteiger partial charge in [0.05, 0.1) is 6.21 Å². The summed E-state index contributed by atoms with van der Waals surface area (Å²) >= 11 is 0. The highest BCUT2D eigenvalue weighted by atomic mass is 16.3. The Balaban J connectivity index is 1.54. The van der Waals surface area contributed by atoms with Crippen molar-refractivity contribution in [3.05, 3.63) is 78.0 Å². The first-order valence-corrected chi connectivity index (χ1v) is 7.83. The Labute approximate surface area is 143 Å². The third-order valence-electron chi connectivity index (χ3n) is 4.04. The fourth-order valence-corrected chi connectivity index (χ4v) is 2.77. The van der Waals surface area contributed by atoms with Crippen LogP contribution < -0.4 is 5.43 Å². The molecule has 3 N–H and O–H groups in total. The maximum atomic E-state index is 12.2. The molecule has 0 aliphatic carbocycles. The lowest BCUT2D eigenvalue weighted by atomic mass is 10.1. The molecule has 0 fully saturated rings. The molecular weight excluding hydrogens is 314 g/mol. The molecular formula is C20H15N3O2. The van der Waals surface area contributed by atoms with Gasteiger partial charge in [0.1, 0.15) is 11.4 Å². The molecule has 0 radical (unpaired) electrons. The average molecular weight is 329 g/mol. The van der Waals surface area contributed by atoms with E-state index in [1.54, 1.807) is 12.1 Å². The first-order valence-electron chi connectivity index (χ1n) is 7.83. The van der Waals surface area contributed by atoms with Gasteiger partial charge in [-0.3, -0.25) is 4.79 Å². The second-order valence-electron chi connectivity index (χ2n) is 5.73. The van der Waals surface area contributed by atoms with Crippen LogP contribution in [0, 0.1) is 0 Å². The van der Waals surface area contributed by atoms with Crippen molar-refractivity contribution >= 4 is 33.8 Å². The normalized spacial score (nSPS) is 11.4. The van der Waals surface area contributed by atoms with Crippen LogP contribution in [0.25, 0.3) is 21.7 Å². The number of para-hydroxylation sites is 1. The molecule has 0 spiro atoms. The molecule has 0 saturated carbocycles. The van der Waals surface area contributed by atoms with Crippen LogP contribution in [0.15, 0.2) is 71.8 Å². The maximum Gasteiger partial charge on any atom is 0.287 e. The Morgan fingerprint density at radius 2 is 1.64 bits per heavy atom. The second-order valence-corrected chi connectivity index (χ2v) is 5.73. The number of aromatic amines is 1. The summed E-state index contributed by atoms with van der Waals surface area (Å²) in [6, 6.07) is 20.6. The number of hydrogen-bond acceptors (Lipinski definition) is 3. The third kappa shape index (κ3) is 2.95. The minimum absolute atomic E-state index is 0.113. The van der Waals surface area contributed by atoms with Gasteiger partial charge >= 0.3 is 0 Å². The zero-order valence-corrected chi connectivity index (χ0v) is 13.2. The number of H-pyrrole nitrogens is 1. The molecule has 5 heteroatoms. The number of aromatic nitrogens is 1. The van der Waals surface area contributed by atoms with E-state index in [2.05, 4.69) is 15.5 Å². The van der Waals surface area contributed by atoms with Crippen molar-refractivity contribution in [3.63, 3.8) is 0 Å². The molecule has 0 bridgehead atoms. The van der Waals surface area contributed by atoms with Crippen LogP contribution in [0.5, 0.6) is 5.75 Å². The number of nitrogens with zero attached hydrogens (tertiary/aromatic N) is 1. The number of phenolic OH excluding ortho intramolecular Hbond substituents is 1. The molecule has 0 saturated heterocycles. The van der Waals surface area contributed by atoms with Crippen LogP contribution >= 0.6 is 0 Å². The van der Waals surface area contributed by atoms with E-state index in [0.29, 0.717) is 11.3 Å². The largest absolute Gasteiger partial charge is 0.507 e. The molecule has 0 unspecified atom stereocenters. The molecule has 1 amide bonds. The van der Waals surface area contributed by atoms with E-state index >= 15 is 0 Å². The number of rotatable bonds is 3. The predicted molar refractivity (Wildman–Crippen MR) is 99.0 cm³/mol. The molecule has 4 aromatic rings. The van der Waals surface area contributed by atoms with Crippen LogP contribution in [0.1, 0.15) is 16.1 Å². The van der Waals surface area contributed by atoms with Gasteiger partial charge in [-0.25, -0.2) is 5.43 Å². The van der Waals surface area contributed by atoms with E-state index in [1.165, 1.54) is 6.21 Å². The minimum atomic E-state index is -0.340. The predicted octanol–water partition coefficient (Wildman–Crippen LogP) is 3.79.